The van der Waals surface area contributed by atoms with Gasteiger partial charge in [0.15, 0.2) is 6.29 Å². The summed E-state index contributed by atoms with van der Waals surface area (Å²) >= 11 is 0. The molecule has 0 spiro atoms. The smallest absolute Gasteiger partial charge is 0.256 e. The molecule has 3 aromatic rings. The summed E-state index contributed by atoms with van der Waals surface area (Å²) in [6.07, 6.45) is 4.91. The summed E-state index contributed by atoms with van der Waals surface area (Å²) < 4.78 is 0. The molecular formula is C17H13NO2. The lowest BCUT2D eigenvalue weighted by Crippen LogP contribution is -2.05. The van der Waals surface area contributed by atoms with Crippen molar-refractivity contribution in [3.63, 3.8) is 0 Å². The van der Waals surface area contributed by atoms with Gasteiger partial charge in [0.05, 0.1) is 5.39 Å². The minimum Gasteiger partial charge on any atom is -0.329 e. The summed E-state index contributed by atoms with van der Waals surface area (Å²) in [5.41, 5.74) is 1.81. The third kappa shape index (κ3) is 1.59. The van der Waals surface area contributed by atoms with Crippen LogP contribution in [0.5, 0.6) is 0 Å². The normalized spacial score (nSPS) is 14.8. The fourth-order valence-electron chi connectivity index (χ4n) is 2.93. The first-order valence-corrected chi connectivity index (χ1v) is 6.81. The van der Waals surface area contributed by atoms with Crippen LogP contribution < -0.4 is 5.56 Å². The Morgan fingerprint density at radius 3 is 2.70 bits per heavy atom. The van der Waals surface area contributed by atoms with E-state index in [2.05, 4.69) is 17.1 Å². The fourth-order valence-corrected chi connectivity index (χ4v) is 2.93. The Morgan fingerprint density at radius 1 is 1.10 bits per heavy atom. The van der Waals surface area contributed by atoms with Crippen LogP contribution in [0.1, 0.15) is 34.7 Å². The summed E-state index contributed by atoms with van der Waals surface area (Å²) in [5.74, 6) is 0.622. The van der Waals surface area contributed by atoms with Gasteiger partial charge in [-0.15, -0.1) is 0 Å². The van der Waals surface area contributed by atoms with Crippen molar-refractivity contribution in [1.82, 2.24) is 4.98 Å². The summed E-state index contributed by atoms with van der Waals surface area (Å²) in [4.78, 5) is 26.2. The van der Waals surface area contributed by atoms with E-state index in [1.807, 2.05) is 12.1 Å². The molecule has 1 aromatic heterocycles. The van der Waals surface area contributed by atoms with E-state index in [0.29, 0.717) is 16.9 Å². The van der Waals surface area contributed by atoms with Gasteiger partial charge in [0, 0.05) is 11.8 Å². The molecule has 1 fully saturated rings. The van der Waals surface area contributed by atoms with E-state index < -0.39 is 0 Å². The number of hydrogen-bond acceptors (Lipinski definition) is 2. The van der Waals surface area contributed by atoms with Crippen LogP contribution >= 0.6 is 0 Å². The SMILES string of the molecule is O=Cc1cc2cc[nH]c(=O)c2c2cc(C3CC3)ccc12. The third-order valence-corrected chi connectivity index (χ3v) is 4.10. The van der Waals surface area contributed by atoms with Crippen molar-refractivity contribution in [2.24, 2.45) is 0 Å². The standard InChI is InChI=1S/C17H13NO2/c19-9-13-7-12-5-6-18-17(20)16(12)15-8-11(10-1-2-10)3-4-14(13)15/h3-10H,1-2H2,(H,18,20). The number of benzene rings is 2. The maximum Gasteiger partial charge on any atom is 0.256 e. The number of fused-ring (bicyclic) bond motifs is 3. The summed E-state index contributed by atoms with van der Waals surface area (Å²) in [6.45, 7) is 0. The number of hydrogen-bond donors (Lipinski definition) is 1. The van der Waals surface area contributed by atoms with Crippen molar-refractivity contribution in [3.8, 4) is 0 Å². The number of H-pyrrole nitrogens is 1. The predicted octanol–water partition coefficient (Wildman–Crippen LogP) is 3.37. The molecular weight excluding hydrogens is 250 g/mol. The average molecular weight is 263 g/mol. The largest absolute Gasteiger partial charge is 0.329 e. The molecule has 4 rings (SSSR count). The molecule has 1 heterocycles. The third-order valence-electron chi connectivity index (χ3n) is 4.10. The van der Waals surface area contributed by atoms with Gasteiger partial charge in [-0.1, -0.05) is 18.2 Å². The zero-order chi connectivity index (χ0) is 13.7. The van der Waals surface area contributed by atoms with Crippen molar-refractivity contribution >= 4 is 27.8 Å². The molecule has 2 aromatic carbocycles. The summed E-state index contributed by atoms with van der Waals surface area (Å²) in [6, 6.07) is 9.76. The van der Waals surface area contributed by atoms with Gasteiger partial charge in [0.25, 0.3) is 5.56 Å². The molecule has 0 aliphatic heterocycles. The van der Waals surface area contributed by atoms with Crippen molar-refractivity contribution in [1.29, 1.82) is 0 Å². The van der Waals surface area contributed by atoms with Gasteiger partial charge in [-0.3, -0.25) is 9.59 Å². The Kier molecular flexibility index (Phi) is 2.30. The highest BCUT2D eigenvalue weighted by atomic mass is 16.1. The molecule has 1 saturated carbocycles. The molecule has 1 aliphatic carbocycles. The van der Waals surface area contributed by atoms with E-state index >= 15 is 0 Å². The Hall–Kier alpha value is -2.42. The van der Waals surface area contributed by atoms with Gasteiger partial charge in [-0.25, -0.2) is 0 Å². The fraction of sp³-hybridized carbons (Fsp3) is 0.176. The Labute approximate surface area is 115 Å². The van der Waals surface area contributed by atoms with E-state index in [9.17, 15) is 9.59 Å². The molecule has 0 amide bonds. The van der Waals surface area contributed by atoms with Gasteiger partial charge in [-0.2, -0.15) is 0 Å². The first-order valence-electron chi connectivity index (χ1n) is 6.81. The lowest BCUT2D eigenvalue weighted by molar-refractivity contribution is 0.112. The van der Waals surface area contributed by atoms with Crippen LogP contribution in [0.25, 0.3) is 21.5 Å². The number of nitrogens with one attached hydrogen (secondary N) is 1. The van der Waals surface area contributed by atoms with E-state index in [1.165, 1.54) is 18.4 Å². The second-order valence-corrected chi connectivity index (χ2v) is 5.43. The van der Waals surface area contributed by atoms with Crippen LogP contribution in [0.4, 0.5) is 0 Å². The highest BCUT2D eigenvalue weighted by Crippen LogP contribution is 2.41. The molecule has 3 heteroatoms. The lowest BCUT2D eigenvalue weighted by Gasteiger charge is -2.08. The van der Waals surface area contributed by atoms with Gasteiger partial charge >= 0.3 is 0 Å². The molecule has 0 unspecified atom stereocenters. The van der Waals surface area contributed by atoms with E-state index in [0.717, 1.165) is 22.4 Å². The van der Waals surface area contributed by atoms with Crippen LogP contribution in [0.2, 0.25) is 0 Å². The van der Waals surface area contributed by atoms with Crippen LogP contribution in [-0.2, 0) is 0 Å². The minimum atomic E-state index is -0.0992. The van der Waals surface area contributed by atoms with Crippen molar-refractivity contribution in [2.45, 2.75) is 18.8 Å². The minimum absolute atomic E-state index is 0.0992. The second-order valence-electron chi connectivity index (χ2n) is 5.43. The number of carbonyl (C=O) groups excluding carboxylic acids is 1. The van der Waals surface area contributed by atoms with Crippen molar-refractivity contribution in [3.05, 3.63) is 58.0 Å². The van der Waals surface area contributed by atoms with Crippen LogP contribution in [0.3, 0.4) is 0 Å². The number of carbonyl (C=O) groups is 1. The maximum atomic E-state index is 12.1. The molecule has 1 aliphatic rings. The van der Waals surface area contributed by atoms with Crippen molar-refractivity contribution < 1.29 is 4.79 Å². The molecule has 0 saturated heterocycles. The Bertz CT molecular complexity index is 904. The Balaban J connectivity index is 2.21. The number of aromatic amines is 1. The van der Waals surface area contributed by atoms with Gasteiger partial charge < -0.3 is 4.98 Å². The zero-order valence-electron chi connectivity index (χ0n) is 10.8. The maximum absolute atomic E-state index is 12.1. The van der Waals surface area contributed by atoms with Crippen molar-refractivity contribution in [2.75, 3.05) is 0 Å². The molecule has 1 N–H and O–H groups in total. The molecule has 20 heavy (non-hydrogen) atoms. The first-order chi connectivity index (χ1) is 9.78. The number of pyridine rings is 1. The highest BCUT2D eigenvalue weighted by molar-refractivity contribution is 6.13. The number of rotatable bonds is 2. The van der Waals surface area contributed by atoms with Crippen LogP contribution in [0, 0.1) is 0 Å². The second kappa shape index (κ2) is 4.04. The van der Waals surface area contributed by atoms with Gasteiger partial charge in [0.1, 0.15) is 0 Å². The Morgan fingerprint density at radius 2 is 1.95 bits per heavy atom. The molecule has 98 valence electrons. The summed E-state index contributed by atoms with van der Waals surface area (Å²) in [7, 11) is 0. The lowest BCUT2D eigenvalue weighted by atomic mass is 9.96. The summed E-state index contributed by atoms with van der Waals surface area (Å²) in [5, 5.41) is 3.23. The predicted molar refractivity (Wildman–Crippen MR) is 79.4 cm³/mol. The molecule has 0 bridgehead atoms. The van der Waals surface area contributed by atoms with Crippen LogP contribution in [0.15, 0.2) is 41.3 Å². The van der Waals surface area contributed by atoms with E-state index in [4.69, 9.17) is 0 Å². The average Bonchev–Trinajstić information content (AvgIpc) is 3.30. The zero-order valence-corrected chi connectivity index (χ0v) is 10.8. The molecule has 0 radical (unpaired) electrons. The number of aromatic nitrogens is 1. The monoisotopic (exact) mass is 263 g/mol. The van der Waals surface area contributed by atoms with E-state index in [1.54, 1.807) is 12.3 Å². The quantitative estimate of drug-likeness (QED) is 0.569. The number of aldehydes is 1. The van der Waals surface area contributed by atoms with E-state index in [-0.39, 0.29) is 5.56 Å². The topological polar surface area (TPSA) is 49.9 Å². The molecule has 0 atom stereocenters. The molecule has 3 nitrogen and oxygen atoms in total. The first kappa shape index (κ1) is 11.4. The highest BCUT2D eigenvalue weighted by Gasteiger charge is 2.24. The van der Waals surface area contributed by atoms with Gasteiger partial charge in [0.2, 0.25) is 0 Å². The van der Waals surface area contributed by atoms with Crippen LogP contribution in [-0.4, -0.2) is 11.3 Å². The van der Waals surface area contributed by atoms with Gasteiger partial charge in [-0.05, 0) is 52.6 Å².